The normalized spacial score (nSPS) is 9.50. The molecule has 0 saturated heterocycles. The average molecular weight is 316 g/mol. The molecule has 10 heteroatoms. The number of carbonyl (C=O) groups is 2. The van der Waals surface area contributed by atoms with Crippen LogP contribution in [-0.4, -0.2) is 38.3 Å². The fourth-order valence-electron chi connectivity index (χ4n) is 1.17. The van der Waals surface area contributed by atoms with Gasteiger partial charge in [-0.1, -0.05) is 16.9 Å². The van der Waals surface area contributed by atoms with Crippen molar-refractivity contribution in [2.75, 3.05) is 11.6 Å². The summed E-state index contributed by atoms with van der Waals surface area (Å²) in [6.07, 6.45) is 2.04. The molecule has 0 unspecified atom stereocenters. The summed E-state index contributed by atoms with van der Waals surface area (Å²) < 4.78 is 9.77. The van der Waals surface area contributed by atoms with Gasteiger partial charge in [-0.15, -0.1) is 0 Å². The van der Waals surface area contributed by atoms with Gasteiger partial charge in [-0.2, -0.15) is 9.36 Å². The van der Waals surface area contributed by atoms with Crippen LogP contribution in [0.3, 0.4) is 0 Å². The first-order valence-corrected chi connectivity index (χ1v) is 7.26. The van der Waals surface area contributed by atoms with Gasteiger partial charge >= 0.3 is 0 Å². The molecule has 0 saturated carbocycles. The third-order valence-electron chi connectivity index (χ3n) is 1.84. The highest BCUT2D eigenvalue weighted by atomic mass is 32.2. The lowest BCUT2D eigenvalue weighted by molar-refractivity contribution is -0.123. The molecule has 108 valence electrons. The van der Waals surface area contributed by atoms with E-state index in [1.807, 2.05) is 6.26 Å². The van der Waals surface area contributed by atoms with Crippen molar-refractivity contribution in [1.29, 1.82) is 0 Å². The van der Waals surface area contributed by atoms with Crippen LogP contribution in [0.15, 0.2) is 14.9 Å². The first-order valence-electron chi connectivity index (χ1n) is 5.26. The fraction of sp³-hybridized carbons (Fsp3) is 0.300. The minimum Gasteiger partial charge on any atom is -0.483 e. The Bertz CT molecular complexity index is 569. The number of nitrogens with zero attached hydrogens (tertiary/aromatic N) is 3. The molecule has 2 heterocycles. The maximum atomic E-state index is 11.6. The van der Waals surface area contributed by atoms with Crippen LogP contribution >= 0.6 is 23.3 Å². The zero-order valence-corrected chi connectivity index (χ0v) is 12.3. The van der Waals surface area contributed by atoms with Gasteiger partial charge < -0.3 is 9.63 Å². The number of rotatable bonds is 4. The molecule has 0 aliphatic heterocycles. The van der Waals surface area contributed by atoms with Crippen molar-refractivity contribution < 1.29 is 19.2 Å². The number of hydrogen-bond acceptors (Lipinski definition) is 8. The molecule has 0 fully saturated rings. The molecular formula is C10H12N4O4S2. The largest absolute Gasteiger partial charge is 0.483 e. The van der Waals surface area contributed by atoms with Crippen LogP contribution in [0.25, 0.3) is 0 Å². The second-order valence-electron chi connectivity index (χ2n) is 3.35. The van der Waals surface area contributed by atoms with Gasteiger partial charge in [-0.05, 0) is 24.7 Å². The monoisotopic (exact) mass is 316 g/mol. The maximum Gasteiger partial charge on any atom is 0.290 e. The molecule has 0 atom stereocenters. The zero-order valence-electron chi connectivity index (χ0n) is 10.7. The molecule has 0 aromatic carbocycles. The number of amides is 1. The number of thioether (sulfide) groups is 1. The van der Waals surface area contributed by atoms with E-state index in [9.17, 15) is 4.79 Å². The maximum absolute atomic E-state index is 11.6. The number of nitrogens with one attached hydrogen (secondary N) is 1. The average Bonchev–Trinajstić information content (AvgIpc) is 2.99. The minimum absolute atomic E-state index is 0.134. The van der Waals surface area contributed by atoms with Crippen LogP contribution in [0.4, 0.5) is 5.95 Å². The highest BCUT2D eigenvalue weighted by Gasteiger charge is 2.11. The van der Waals surface area contributed by atoms with E-state index in [2.05, 4.69) is 19.8 Å². The number of aryl methyl sites for hydroxylation is 1. The van der Waals surface area contributed by atoms with Crippen LogP contribution in [-0.2, 0) is 16.0 Å². The first kappa shape index (κ1) is 16.1. The van der Waals surface area contributed by atoms with Gasteiger partial charge in [-0.25, -0.2) is 0 Å². The summed E-state index contributed by atoms with van der Waals surface area (Å²) in [4.78, 5) is 24.1. The Hall–Kier alpha value is -1.94. The topological polar surface area (TPSA) is 118 Å². The molecule has 1 amide bonds. The first-order chi connectivity index (χ1) is 9.58. The van der Waals surface area contributed by atoms with Crippen LogP contribution in [0.5, 0.6) is 0 Å². The Balaban J connectivity index is 0.000000612. The number of anilines is 1. The molecule has 0 bridgehead atoms. The molecule has 0 spiro atoms. The van der Waals surface area contributed by atoms with E-state index in [-0.39, 0.29) is 18.8 Å². The van der Waals surface area contributed by atoms with Crippen LogP contribution < -0.4 is 5.32 Å². The Kier molecular flexibility index (Phi) is 6.67. The lowest BCUT2D eigenvalue weighted by Gasteiger charge is -1.96. The summed E-state index contributed by atoms with van der Waals surface area (Å²) in [5.74, 6) is 0.646. The zero-order chi connectivity index (χ0) is 15.0. The van der Waals surface area contributed by atoms with Gasteiger partial charge in [0.2, 0.25) is 11.9 Å². The summed E-state index contributed by atoms with van der Waals surface area (Å²) >= 11 is 2.74. The standard InChI is InChI=1S/C9H10N4O2S2.CH2O2/c1-5-3-6(15-12-5)4-7(14)10-8-11-9(16-2)17-13-8;2-1-3/h3H,4H2,1-2H3,(H,10,13,14);1H,(H,2,3). The summed E-state index contributed by atoms with van der Waals surface area (Å²) in [7, 11) is 0. The van der Waals surface area contributed by atoms with Gasteiger partial charge in [0.15, 0.2) is 4.34 Å². The SMILES string of the molecule is CSc1nc(NC(=O)Cc2cc(C)no2)ns1.O=CO. The molecular weight excluding hydrogens is 304 g/mol. The smallest absolute Gasteiger partial charge is 0.290 e. The number of hydrogen-bond donors (Lipinski definition) is 2. The lowest BCUT2D eigenvalue weighted by atomic mass is 10.3. The quantitative estimate of drug-likeness (QED) is 0.642. The van der Waals surface area contributed by atoms with Gasteiger partial charge in [0.1, 0.15) is 5.76 Å². The lowest BCUT2D eigenvalue weighted by Crippen LogP contribution is -2.14. The van der Waals surface area contributed by atoms with Crippen molar-refractivity contribution in [2.45, 2.75) is 17.7 Å². The predicted octanol–water partition coefficient (Wildman–Crippen LogP) is 1.44. The van der Waals surface area contributed by atoms with E-state index in [4.69, 9.17) is 14.4 Å². The predicted molar refractivity (Wildman–Crippen MR) is 74.0 cm³/mol. The Labute approximate surface area is 122 Å². The Morgan fingerprint density at radius 2 is 2.35 bits per heavy atom. The molecule has 20 heavy (non-hydrogen) atoms. The molecule has 0 aliphatic rings. The van der Waals surface area contributed by atoms with E-state index < -0.39 is 0 Å². The van der Waals surface area contributed by atoms with Gasteiger partial charge in [0.05, 0.1) is 12.1 Å². The van der Waals surface area contributed by atoms with Crippen LogP contribution in [0.1, 0.15) is 11.5 Å². The van der Waals surface area contributed by atoms with Crippen molar-refractivity contribution >= 4 is 41.6 Å². The van der Waals surface area contributed by atoms with Crippen LogP contribution in [0.2, 0.25) is 0 Å². The molecule has 0 radical (unpaired) electrons. The number of aromatic nitrogens is 3. The summed E-state index contributed by atoms with van der Waals surface area (Å²) in [6.45, 7) is 1.55. The molecule has 8 nitrogen and oxygen atoms in total. The molecule has 2 N–H and O–H groups in total. The van der Waals surface area contributed by atoms with E-state index in [1.165, 1.54) is 23.3 Å². The Morgan fingerprint density at radius 1 is 1.65 bits per heavy atom. The molecule has 2 aromatic rings. The fourth-order valence-corrected chi connectivity index (χ4v) is 2.14. The minimum atomic E-state index is -0.250. The summed E-state index contributed by atoms with van der Waals surface area (Å²) in [6, 6.07) is 1.72. The number of carbonyl (C=O) groups excluding carboxylic acids is 1. The van der Waals surface area contributed by atoms with Crippen molar-refractivity contribution in [2.24, 2.45) is 0 Å². The van der Waals surface area contributed by atoms with E-state index in [0.29, 0.717) is 11.7 Å². The van der Waals surface area contributed by atoms with Crippen molar-refractivity contribution in [3.05, 3.63) is 17.5 Å². The van der Waals surface area contributed by atoms with Gasteiger partial charge in [0.25, 0.3) is 6.47 Å². The second-order valence-corrected chi connectivity index (χ2v) is 5.16. The van der Waals surface area contributed by atoms with Gasteiger partial charge in [-0.3, -0.25) is 14.9 Å². The highest BCUT2D eigenvalue weighted by molar-refractivity contribution is 8.00. The van der Waals surface area contributed by atoms with Crippen molar-refractivity contribution in [3.8, 4) is 0 Å². The highest BCUT2D eigenvalue weighted by Crippen LogP contribution is 2.18. The number of carboxylic acid groups (broad SMARTS) is 1. The van der Waals surface area contributed by atoms with Crippen LogP contribution in [0, 0.1) is 6.92 Å². The van der Waals surface area contributed by atoms with E-state index >= 15 is 0 Å². The van der Waals surface area contributed by atoms with Crippen molar-refractivity contribution in [1.82, 2.24) is 14.5 Å². The molecule has 2 rings (SSSR count). The van der Waals surface area contributed by atoms with Crippen molar-refractivity contribution in [3.63, 3.8) is 0 Å². The van der Waals surface area contributed by atoms with E-state index in [1.54, 1.807) is 13.0 Å². The molecule has 0 aliphatic carbocycles. The third kappa shape index (κ3) is 5.36. The summed E-state index contributed by atoms with van der Waals surface area (Å²) in [5.41, 5.74) is 0.754. The Morgan fingerprint density at radius 3 is 2.85 bits per heavy atom. The van der Waals surface area contributed by atoms with E-state index in [0.717, 1.165) is 10.0 Å². The summed E-state index contributed by atoms with van der Waals surface area (Å²) in [5, 5.41) is 13.2. The van der Waals surface area contributed by atoms with Gasteiger partial charge in [0, 0.05) is 6.07 Å². The second kappa shape index (κ2) is 8.27. The third-order valence-corrected chi connectivity index (χ3v) is 3.52. The molecule has 2 aromatic heterocycles.